The summed E-state index contributed by atoms with van der Waals surface area (Å²) in [5.74, 6) is 1.36. The molecule has 0 spiro atoms. The van der Waals surface area contributed by atoms with E-state index in [9.17, 15) is 5.26 Å². The molecular weight excluding hydrogens is 498 g/mol. The zero-order valence-electron chi connectivity index (χ0n) is 19.6. The van der Waals surface area contributed by atoms with Crippen molar-refractivity contribution in [2.24, 2.45) is 0 Å². The maximum absolute atomic E-state index is 9.95. The zero-order chi connectivity index (χ0) is 24.6. The lowest BCUT2D eigenvalue weighted by molar-refractivity contribution is 0.267. The van der Waals surface area contributed by atoms with Crippen molar-refractivity contribution in [3.63, 3.8) is 0 Å². The molecule has 4 aromatic carbocycles. The predicted molar refractivity (Wildman–Crippen MR) is 147 cm³/mol. The third-order valence-corrected chi connectivity index (χ3v) is 6.14. The van der Waals surface area contributed by atoms with Gasteiger partial charge >= 0.3 is 0 Å². The average molecular weight is 524 g/mol. The fourth-order valence-electron chi connectivity index (χ4n) is 3.94. The van der Waals surface area contributed by atoms with E-state index >= 15 is 0 Å². The number of nitrogens with zero attached hydrogens (tertiary/aromatic N) is 1. The van der Waals surface area contributed by atoms with E-state index in [0.29, 0.717) is 36.7 Å². The topological polar surface area (TPSA) is 42.2 Å². The van der Waals surface area contributed by atoms with Gasteiger partial charge < -0.3 is 9.47 Å². The van der Waals surface area contributed by atoms with Crippen molar-refractivity contribution in [2.75, 3.05) is 6.61 Å². The van der Waals surface area contributed by atoms with E-state index in [2.05, 4.69) is 40.7 Å². The molecular formula is C31H26BrNO2. The summed E-state index contributed by atoms with van der Waals surface area (Å²) in [4.78, 5) is 0. The fourth-order valence-corrected chi connectivity index (χ4v) is 4.20. The summed E-state index contributed by atoms with van der Waals surface area (Å²) < 4.78 is 13.2. The van der Waals surface area contributed by atoms with E-state index in [1.54, 1.807) is 0 Å². The van der Waals surface area contributed by atoms with Crippen LogP contribution in [0.2, 0.25) is 0 Å². The van der Waals surface area contributed by atoms with E-state index in [4.69, 9.17) is 9.47 Å². The van der Waals surface area contributed by atoms with Crippen LogP contribution in [0.5, 0.6) is 11.5 Å². The van der Waals surface area contributed by atoms with E-state index < -0.39 is 0 Å². The van der Waals surface area contributed by atoms with E-state index in [1.807, 2.05) is 85.8 Å². The number of rotatable bonds is 9. The summed E-state index contributed by atoms with van der Waals surface area (Å²) in [6.45, 7) is 6.79. The molecule has 3 nitrogen and oxygen atoms in total. The molecule has 4 rings (SSSR count). The Hall–Kier alpha value is -3.81. The minimum absolute atomic E-state index is 0.424. The van der Waals surface area contributed by atoms with E-state index in [0.717, 1.165) is 37.5 Å². The molecule has 0 saturated carbocycles. The van der Waals surface area contributed by atoms with Crippen LogP contribution in [0.4, 0.5) is 0 Å². The van der Waals surface area contributed by atoms with Gasteiger partial charge in [-0.1, -0.05) is 70.5 Å². The Kier molecular flexibility index (Phi) is 8.03. The normalized spacial score (nSPS) is 11.2. The Morgan fingerprint density at radius 2 is 1.74 bits per heavy atom. The van der Waals surface area contributed by atoms with Crippen LogP contribution in [0.15, 0.2) is 96.0 Å². The Bertz CT molecular complexity index is 1410. The number of fused-ring (bicyclic) bond motifs is 1. The van der Waals surface area contributed by atoms with Crippen molar-refractivity contribution in [1.29, 1.82) is 5.26 Å². The summed E-state index contributed by atoms with van der Waals surface area (Å²) in [6, 6.07) is 28.6. The van der Waals surface area contributed by atoms with Crippen LogP contribution in [-0.2, 0) is 13.0 Å². The van der Waals surface area contributed by atoms with Crippen LogP contribution in [0.3, 0.4) is 0 Å². The summed E-state index contributed by atoms with van der Waals surface area (Å²) >= 11 is 3.47. The third-order valence-electron chi connectivity index (χ3n) is 5.61. The zero-order valence-corrected chi connectivity index (χ0v) is 21.2. The van der Waals surface area contributed by atoms with Gasteiger partial charge in [0.2, 0.25) is 0 Å². The molecule has 0 radical (unpaired) electrons. The molecule has 0 saturated heterocycles. The predicted octanol–water partition coefficient (Wildman–Crippen LogP) is 8.37. The third kappa shape index (κ3) is 6.01. The molecule has 0 heterocycles. The van der Waals surface area contributed by atoms with Gasteiger partial charge in [-0.25, -0.2) is 0 Å². The van der Waals surface area contributed by atoms with Crippen molar-refractivity contribution < 1.29 is 9.47 Å². The van der Waals surface area contributed by atoms with Gasteiger partial charge in [-0.15, -0.1) is 6.58 Å². The number of hydrogen-bond donors (Lipinski definition) is 0. The Morgan fingerprint density at radius 1 is 0.971 bits per heavy atom. The molecule has 0 amide bonds. The van der Waals surface area contributed by atoms with Gasteiger partial charge in [0.25, 0.3) is 0 Å². The maximum atomic E-state index is 9.95. The molecule has 0 aliphatic rings. The highest BCUT2D eigenvalue weighted by molar-refractivity contribution is 9.10. The first-order chi connectivity index (χ1) is 17.1. The highest BCUT2D eigenvalue weighted by Gasteiger charge is 2.14. The summed E-state index contributed by atoms with van der Waals surface area (Å²) in [6.07, 6.45) is 4.37. The first-order valence-electron chi connectivity index (χ1n) is 11.5. The maximum Gasteiger partial charge on any atom is 0.165 e. The first kappa shape index (κ1) is 24.3. The van der Waals surface area contributed by atoms with Crippen LogP contribution in [-0.4, -0.2) is 6.61 Å². The molecule has 0 aliphatic carbocycles. The van der Waals surface area contributed by atoms with Crippen LogP contribution in [0.1, 0.15) is 29.2 Å². The number of nitriles is 1. The quantitative estimate of drug-likeness (QED) is 0.126. The van der Waals surface area contributed by atoms with Gasteiger partial charge in [0.05, 0.1) is 18.2 Å². The van der Waals surface area contributed by atoms with Crippen molar-refractivity contribution in [1.82, 2.24) is 0 Å². The smallest absolute Gasteiger partial charge is 0.165 e. The first-order valence-corrected chi connectivity index (χ1v) is 12.3. The number of allylic oxidation sites excluding steroid dienone is 2. The molecule has 35 heavy (non-hydrogen) atoms. The van der Waals surface area contributed by atoms with Crippen molar-refractivity contribution >= 4 is 38.4 Å². The minimum Gasteiger partial charge on any atom is -0.490 e. The Morgan fingerprint density at radius 3 is 2.46 bits per heavy atom. The van der Waals surface area contributed by atoms with Crippen molar-refractivity contribution in [2.45, 2.75) is 20.0 Å². The molecule has 4 heteroatoms. The number of halogens is 1. The van der Waals surface area contributed by atoms with E-state index in [1.165, 1.54) is 0 Å². The van der Waals surface area contributed by atoms with Crippen LogP contribution in [0, 0.1) is 11.3 Å². The number of ether oxygens (including phenoxy) is 2. The fraction of sp³-hybridized carbons (Fsp3) is 0.129. The Labute approximate surface area is 215 Å². The number of benzene rings is 4. The van der Waals surface area contributed by atoms with Gasteiger partial charge in [-0.3, -0.25) is 0 Å². The second-order valence-electron chi connectivity index (χ2n) is 8.08. The van der Waals surface area contributed by atoms with Crippen LogP contribution in [0.25, 0.3) is 22.4 Å². The molecule has 174 valence electrons. The highest BCUT2D eigenvalue weighted by Crippen LogP contribution is 2.36. The molecule has 0 fully saturated rings. The molecule has 4 aromatic rings. The summed E-state index contributed by atoms with van der Waals surface area (Å²) in [5, 5.41) is 12.2. The molecule has 0 N–H and O–H groups in total. The van der Waals surface area contributed by atoms with Crippen molar-refractivity contribution in [3.05, 3.63) is 118 Å². The molecule has 0 aliphatic heterocycles. The Balaban J connectivity index is 1.71. The summed E-state index contributed by atoms with van der Waals surface area (Å²) in [7, 11) is 0. The van der Waals surface area contributed by atoms with Gasteiger partial charge in [0.1, 0.15) is 6.61 Å². The monoisotopic (exact) mass is 523 g/mol. The average Bonchev–Trinajstić information content (AvgIpc) is 2.88. The van der Waals surface area contributed by atoms with E-state index in [-0.39, 0.29) is 0 Å². The van der Waals surface area contributed by atoms with Gasteiger partial charge in [0.15, 0.2) is 11.5 Å². The van der Waals surface area contributed by atoms with Crippen LogP contribution >= 0.6 is 15.9 Å². The molecule has 0 aromatic heterocycles. The highest BCUT2D eigenvalue weighted by atomic mass is 79.9. The van der Waals surface area contributed by atoms with Crippen molar-refractivity contribution in [3.8, 4) is 17.6 Å². The largest absolute Gasteiger partial charge is 0.490 e. The summed E-state index contributed by atoms with van der Waals surface area (Å²) in [5.41, 5.74) is 4.37. The second-order valence-corrected chi connectivity index (χ2v) is 9.00. The lowest BCUT2D eigenvalue weighted by Crippen LogP contribution is -2.03. The molecule has 0 atom stereocenters. The molecule has 0 bridgehead atoms. The minimum atomic E-state index is 0.424. The molecule has 0 unspecified atom stereocenters. The van der Waals surface area contributed by atoms with Gasteiger partial charge in [0, 0.05) is 10.0 Å². The second kappa shape index (κ2) is 11.6. The lowest BCUT2D eigenvalue weighted by atomic mass is 9.98. The standard InChI is InChI=1S/C31H26BrNO2/c1-3-7-27-16-23(17-28(20-33)26-13-12-24-8-5-6-9-25(24)19-26)18-30(34-4-2)31(27)35-21-22-10-14-29(32)15-11-22/h3,5-6,8-19H,1,4,7,21H2,2H3/b28-17-. The van der Waals surface area contributed by atoms with Crippen LogP contribution < -0.4 is 9.47 Å². The van der Waals surface area contributed by atoms with Gasteiger partial charge in [-0.2, -0.15) is 5.26 Å². The number of hydrogen-bond acceptors (Lipinski definition) is 3. The SMILES string of the molecule is C=CCc1cc(/C=C(/C#N)c2ccc3ccccc3c2)cc(OCC)c1OCc1ccc(Br)cc1. The van der Waals surface area contributed by atoms with Gasteiger partial charge in [-0.05, 0) is 77.2 Å². The lowest BCUT2D eigenvalue weighted by Gasteiger charge is -2.17.